The van der Waals surface area contributed by atoms with Crippen LogP contribution in [0, 0.1) is 5.92 Å². The minimum atomic E-state index is 0.280. The predicted octanol–water partition coefficient (Wildman–Crippen LogP) is 1.17. The predicted molar refractivity (Wildman–Crippen MR) is 41.8 cm³/mol. The third-order valence-electron chi connectivity index (χ3n) is 1.86. The fraction of sp³-hybridized carbons (Fsp3) is 1.00. The Bertz CT molecular complexity index is 60.3. The second kappa shape index (κ2) is 7.03. The summed E-state index contributed by atoms with van der Waals surface area (Å²) < 4.78 is 0. The molecule has 0 saturated heterocycles. The Morgan fingerprint density at radius 1 is 1.20 bits per heavy atom. The fourth-order valence-corrected chi connectivity index (χ4v) is 0.969. The van der Waals surface area contributed by atoms with Crippen LogP contribution in [0.15, 0.2) is 0 Å². The Morgan fingerprint density at radius 2 is 1.90 bits per heavy atom. The van der Waals surface area contributed by atoms with Crippen LogP contribution in [0.1, 0.15) is 32.6 Å². The molecule has 0 aliphatic carbocycles. The van der Waals surface area contributed by atoms with Crippen LogP contribution in [-0.4, -0.2) is 23.4 Å². The highest BCUT2D eigenvalue weighted by Gasteiger charge is 2.02. The van der Waals surface area contributed by atoms with Gasteiger partial charge in [-0.25, -0.2) is 0 Å². The molecular weight excluding hydrogens is 128 g/mol. The van der Waals surface area contributed by atoms with Crippen molar-refractivity contribution in [2.24, 2.45) is 5.92 Å². The summed E-state index contributed by atoms with van der Waals surface area (Å²) in [4.78, 5) is 0. The minimum absolute atomic E-state index is 0.280. The van der Waals surface area contributed by atoms with Gasteiger partial charge in [-0.05, 0) is 18.8 Å². The first-order chi connectivity index (χ1) is 4.85. The van der Waals surface area contributed by atoms with Gasteiger partial charge < -0.3 is 10.2 Å². The first-order valence-electron chi connectivity index (χ1n) is 4.06. The molecule has 10 heavy (non-hydrogen) atoms. The number of rotatable bonds is 6. The summed E-state index contributed by atoms with van der Waals surface area (Å²) in [7, 11) is 0. The van der Waals surface area contributed by atoms with Crippen LogP contribution < -0.4 is 0 Å². The second-order valence-electron chi connectivity index (χ2n) is 2.68. The largest absolute Gasteiger partial charge is 0.396 e. The van der Waals surface area contributed by atoms with E-state index in [4.69, 9.17) is 10.2 Å². The molecule has 0 unspecified atom stereocenters. The topological polar surface area (TPSA) is 40.5 Å². The van der Waals surface area contributed by atoms with Crippen LogP contribution in [0.3, 0.4) is 0 Å². The van der Waals surface area contributed by atoms with Crippen LogP contribution in [0.2, 0.25) is 0 Å². The molecule has 0 rings (SSSR count). The van der Waals surface area contributed by atoms with Crippen molar-refractivity contribution in [3.05, 3.63) is 0 Å². The van der Waals surface area contributed by atoms with E-state index in [0.717, 1.165) is 25.7 Å². The Labute approximate surface area is 62.9 Å². The average Bonchev–Trinajstić information content (AvgIpc) is 1.99. The highest BCUT2D eigenvalue weighted by atomic mass is 16.3. The number of hydrogen-bond donors (Lipinski definition) is 2. The van der Waals surface area contributed by atoms with Crippen molar-refractivity contribution in [2.45, 2.75) is 32.6 Å². The van der Waals surface area contributed by atoms with Gasteiger partial charge in [0, 0.05) is 13.2 Å². The van der Waals surface area contributed by atoms with Crippen LogP contribution >= 0.6 is 0 Å². The molecule has 0 aromatic carbocycles. The Hall–Kier alpha value is -0.0800. The van der Waals surface area contributed by atoms with E-state index in [1.807, 2.05) is 0 Å². The minimum Gasteiger partial charge on any atom is -0.396 e. The monoisotopic (exact) mass is 146 g/mol. The van der Waals surface area contributed by atoms with Gasteiger partial charge in [0.25, 0.3) is 0 Å². The maximum Gasteiger partial charge on any atom is 0.0459 e. The molecule has 0 aromatic rings. The summed E-state index contributed by atoms with van der Waals surface area (Å²) in [6, 6.07) is 0. The van der Waals surface area contributed by atoms with Gasteiger partial charge in [0.15, 0.2) is 0 Å². The van der Waals surface area contributed by atoms with Gasteiger partial charge in [0.1, 0.15) is 0 Å². The first-order valence-corrected chi connectivity index (χ1v) is 4.06. The number of hydrogen-bond acceptors (Lipinski definition) is 2. The van der Waals surface area contributed by atoms with Gasteiger partial charge in [-0.1, -0.05) is 19.8 Å². The standard InChI is InChI=1S/C8H18O2/c1-2-8(7-10)5-3-4-6-9/h8-10H,2-7H2,1H3/t8-/m0/s1. The van der Waals surface area contributed by atoms with E-state index >= 15 is 0 Å². The molecule has 2 N–H and O–H groups in total. The van der Waals surface area contributed by atoms with Gasteiger partial charge in [-0.2, -0.15) is 0 Å². The lowest BCUT2D eigenvalue weighted by Gasteiger charge is -2.09. The zero-order valence-electron chi connectivity index (χ0n) is 6.71. The summed E-state index contributed by atoms with van der Waals surface area (Å²) in [5.74, 6) is 0.451. The van der Waals surface area contributed by atoms with Crippen molar-refractivity contribution in [3.63, 3.8) is 0 Å². The Balaban J connectivity index is 3.09. The molecule has 1 atom stereocenters. The fourth-order valence-electron chi connectivity index (χ4n) is 0.969. The second-order valence-corrected chi connectivity index (χ2v) is 2.68. The molecule has 0 aliphatic heterocycles. The normalized spacial score (nSPS) is 13.5. The van der Waals surface area contributed by atoms with E-state index in [1.165, 1.54) is 0 Å². The van der Waals surface area contributed by atoms with Crippen LogP contribution in [-0.2, 0) is 0 Å². The molecule has 0 heterocycles. The van der Waals surface area contributed by atoms with E-state index < -0.39 is 0 Å². The lowest BCUT2D eigenvalue weighted by atomic mass is 10.0. The maximum atomic E-state index is 8.76. The van der Waals surface area contributed by atoms with Crippen molar-refractivity contribution in [1.29, 1.82) is 0 Å². The molecule has 0 aromatic heterocycles. The SMILES string of the molecule is CC[C@H](CO)CCCCO. The molecule has 0 amide bonds. The van der Waals surface area contributed by atoms with Gasteiger partial charge in [0.05, 0.1) is 0 Å². The summed E-state index contributed by atoms with van der Waals surface area (Å²) in [5.41, 5.74) is 0. The van der Waals surface area contributed by atoms with Crippen molar-refractivity contribution < 1.29 is 10.2 Å². The van der Waals surface area contributed by atoms with Gasteiger partial charge in [-0.3, -0.25) is 0 Å². The van der Waals surface area contributed by atoms with Crippen LogP contribution in [0.5, 0.6) is 0 Å². The summed E-state index contributed by atoms with van der Waals surface area (Å²) in [6.07, 6.45) is 4.00. The molecule has 0 radical (unpaired) electrons. The summed E-state index contributed by atoms with van der Waals surface area (Å²) in [5, 5.41) is 17.2. The van der Waals surface area contributed by atoms with Crippen molar-refractivity contribution >= 4 is 0 Å². The van der Waals surface area contributed by atoms with E-state index in [1.54, 1.807) is 0 Å². The first kappa shape index (κ1) is 9.92. The third kappa shape index (κ3) is 4.77. The summed E-state index contributed by atoms with van der Waals surface area (Å²) >= 11 is 0. The zero-order valence-corrected chi connectivity index (χ0v) is 6.71. The third-order valence-corrected chi connectivity index (χ3v) is 1.86. The van der Waals surface area contributed by atoms with E-state index in [0.29, 0.717) is 12.5 Å². The molecule has 2 nitrogen and oxygen atoms in total. The lowest BCUT2D eigenvalue weighted by Crippen LogP contribution is -2.04. The number of unbranched alkanes of at least 4 members (excludes halogenated alkanes) is 1. The van der Waals surface area contributed by atoms with Gasteiger partial charge in [0.2, 0.25) is 0 Å². The number of aliphatic hydroxyl groups excluding tert-OH is 2. The molecule has 0 bridgehead atoms. The molecule has 0 aliphatic rings. The molecule has 2 heteroatoms. The lowest BCUT2D eigenvalue weighted by molar-refractivity contribution is 0.206. The van der Waals surface area contributed by atoms with Crippen molar-refractivity contribution in [1.82, 2.24) is 0 Å². The van der Waals surface area contributed by atoms with Crippen molar-refractivity contribution in [2.75, 3.05) is 13.2 Å². The highest BCUT2D eigenvalue weighted by Crippen LogP contribution is 2.10. The molecule has 0 saturated carbocycles. The van der Waals surface area contributed by atoms with Gasteiger partial charge >= 0.3 is 0 Å². The molecule has 0 fully saturated rings. The molecular formula is C8H18O2. The maximum absolute atomic E-state index is 8.76. The number of aliphatic hydroxyl groups is 2. The quantitative estimate of drug-likeness (QED) is 0.552. The Kier molecular flexibility index (Phi) is 6.98. The van der Waals surface area contributed by atoms with Crippen molar-refractivity contribution in [3.8, 4) is 0 Å². The molecule has 0 spiro atoms. The molecule has 62 valence electrons. The van der Waals surface area contributed by atoms with Gasteiger partial charge in [-0.15, -0.1) is 0 Å². The van der Waals surface area contributed by atoms with Crippen LogP contribution in [0.25, 0.3) is 0 Å². The smallest absolute Gasteiger partial charge is 0.0459 e. The average molecular weight is 146 g/mol. The summed E-state index contributed by atoms with van der Waals surface area (Å²) in [6.45, 7) is 2.66. The highest BCUT2D eigenvalue weighted by molar-refractivity contribution is 4.54. The van der Waals surface area contributed by atoms with E-state index in [2.05, 4.69) is 6.92 Å². The van der Waals surface area contributed by atoms with Crippen LogP contribution in [0.4, 0.5) is 0 Å². The van der Waals surface area contributed by atoms with E-state index in [-0.39, 0.29) is 6.61 Å². The zero-order chi connectivity index (χ0) is 7.82. The van der Waals surface area contributed by atoms with E-state index in [9.17, 15) is 0 Å². The Morgan fingerprint density at radius 3 is 2.30 bits per heavy atom.